The lowest BCUT2D eigenvalue weighted by Crippen LogP contribution is -2.40. The Morgan fingerprint density at radius 3 is 1.16 bits per heavy atom. The van der Waals surface area contributed by atoms with Crippen molar-refractivity contribution in [1.82, 2.24) is 0 Å². The van der Waals surface area contributed by atoms with Crippen LogP contribution >= 0.6 is 0 Å². The Kier molecular flexibility index (Phi) is 52.1. The highest BCUT2D eigenvalue weighted by atomic mass is 16.7. The molecule has 0 aliphatic carbocycles. The third-order valence-electron chi connectivity index (χ3n) is 12.7. The average molecular weight is 1020 g/mol. The zero-order valence-corrected chi connectivity index (χ0v) is 47.8. The SMILES string of the molecule is CC/C=C\C/C=C\C/C=C\C/C=C\C/C=C\C/C=C\C/C=C\CCCCCCCCCC(=O)OC(COC(=O)CCCCCCCCCCCCCCCCCCCCC)COC(OCC[N+](C)(C)C)C(=O)O. The Hall–Kier alpha value is -3.53. The van der Waals surface area contributed by atoms with Gasteiger partial charge in [0.2, 0.25) is 0 Å². The molecule has 0 bridgehead atoms. The number of quaternary nitrogens is 1. The average Bonchev–Trinajstić information content (AvgIpc) is 3.36. The fraction of sp³-hybridized carbons (Fsp3) is 0.734. The van der Waals surface area contributed by atoms with Crippen molar-refractivity contribution < 1.29 is 42.9 Å². The number of carboxylic acid groups (broad SMARTS) is 1. The third kappa shape index (κ3) is 56.0. The van der Waals surface area contributed by atoms with Gasteiger partial charge in [0, 0.05) is 12.8 Å². The molecule has 2 atom stereocenters. The summed E-state index contributed by atoms with van der Waals surface area (Å²) in [6.07, 6.45) is 69.4. The van der Waals surface area contributed by atoms with Crippen molar-refractivity contribution in [3.05, 3.63) is 85.1 Å². The quantitative estimate of drug-likeness (QED) is 0.0211. The van der Waals surface area contributed by atoms with E-state index >= 15 is 0 Å². The van der Waals surface area contributed by atoms with Gasteiger partial charge in [0.1, 0.15) is 13.2 Å². The molecule has 0 aromatic heterocycles. The van der Waals surface area contributed by atoms with Crippen LogP contribution in [-0.4, -0.2) is 87.4 Å². The first kappa shape index (κ1) is 69.5. The molecule has 0 radical (unpaired) electrons. The van der Waals surface area contributed by atoms with Gasteiger partial charge in [-0.05, 0) is 70.6 Å². The van der Waals surface area contributed by atoms with Gasteiger partial charge in [0.05, 0.1) is 34.4 Å². The highest BCUT2D eigenvalue weighted by Crippen LogP contribution is 2.16. The molecule has 1 N–H and O–H groups in total. The molecule has 0 heterocycles. The predicted molar refractivity (Wildman–Crippen MR) is 309 cm³/mol. The van der Waals surface area contributed by atoms with Crippen LogP contribution in [0.2, 0.25) is 0 Å². The number of esters is 2. The lowest BCUT2D eigenvalue weighted by atomic mass is 10.0. The van der Waals surface area contributed by atoms with Crippen LogP contribution in [0.5, 0.6) is 0 Å². The summed E-state index contributed by atoms with van der Waals surface area (Å²) in [4.78, 5) is 37.4. The number of hydrogen-bond acceptors (Lipinski definition) is 7. The molecule has 0 rings (SSSR count). The van der Waals surface area contributed by atoms with Gasteiger partial charge in [-0.1, -0.05) is 247 Å². The molecule has 0 saturated carbocycles. The number of allylic oxidation sites excluding steroid dienone is 14. The summed E-state index contributed by atoms with van der Waals surface area (Å²) in [5, 5.41) is 9.71. The highest BCUT2D eigenvalue weighted by molar-refractivity contribution is 5.71. The van der Waals surface area contributed by atoms with Crippen LogP contribution in [0.3, 0.4) is 0 Å². The molecule has 0 aliphatic rings. The van der Waals surface area contributed by atoms with Gasteiger partial charge < -0.3 is 28.5 Å². The second-order valence-electron chi connectivity index (χ2n) is 20.9. The molecular weight excluding hydrogens is 911 g/mol. The maximum atomic E-state index is 12.9. The lowest BCUT2D eigenvalue weighted by molar-refractivity contribution is -0.870. The number of aliphatic carboxylic acids is 1. The topological polar surface area (TPSA) is 108 Å². The second kappa shape index (κ2) is 54.7. The number of carboxylic acids is 1. The highest BCUT2D eigenvalue weighted by Gasteiger charge is 2.25. The normalized spacial score (nSPS) is 13.4. The molecule has 9 nitrogen and oxygen atoms in total. The first-order valence-corrected chi connectivity index (χ1v) is 29.8. The standard InChI is InChI=1S/C64H111NO8/c1-6-8-10-12-14-16-18-20-22-24-26-27-28-29-30-31-32-33-34-35-37-39-41-43-45-47-49-51-53-55-62(67)73-60(59-72-64(63(68)69)70-57-56-65(3,4)5)58-71-61(66)54-52-50-48-46-44-42-40-38-36-25-23-21-19-17-15-13-11-9-7-2/h8,10,14,16,20,22,26-27,29-30,32-33,35,37,60,64H,6-7,9,11-13,15,17-19,21,23-25,28,31,34,36,38-59H2,1-5H3/p+1/b10-8-,16-14-,22-20-,27-26-,30-29-,33-32-,37-35-. The molecule has 9 heteroatoms. The summed E-state index contributed by atoms with van der Waals surface area (Å²) in [7, 11) is 5.96. The van der Waals surface area contributed by atoms with Gasteiger partial charge in [-0.15, -0.1) is 0 Å². The number of ether oxygens (including phenoxy) is 4. The van der Waals surface area contributed by atoms with Gasteiger partial charge in [0.15, 0.2) is 6.10 Å². The van der Waals surface area contributed by atoms with Gasteiger partial charge in [-0.2, -0.15) is 0 Å². The second-order valence-corrected chi connectivity index (χ2v) is 20.9. The van der Waals surface area contributed by atoms with Crippen LogP contribution in [0.4, 0.5) is 0 Å². The minimum atomic E-state index is -1.52. The molecule has 0 aromatic rings. The smallest absolute Gasteiger partial charge is 0.361 e. The summed E-state index contributed by atoms with van der Waals surface area (Å²) in [6, 6.07) is 0. The first-order valence-electron chi connectivity index (χ1n) is 29.8. The molecule has 0 aromatic carbocycles. The molecule has 0 fully saturated rings. The largest absolute Gasteiger partial charge is 0.477 e. The van der Waals surface area contributed by atoms with Crippen LogP contribution in [0.1, 0.15) is 245 Å². The monoisotopic (exact) mass is 1020 g/mol. The minimum absolute atomic E-state index is 0.183. The van der Waals surface area contributed by atoms with Gasteiger partial charge >= 0.3 is 17.9 Å². The van der Waals surface area contributed by atoms with E-state index in [1.807, 2.05) is 21.1 Å². The zero-order valence-electron chi connectivity index (χ0n) is 47.8. The fourth-order valence-electron chi connectivity index (χ4n) is 8.11. The van der Waals surface area contributed by atoms with Crippen LogP contribution in [0, 0.1) is 0 Å². The minimum Gasteiger partial charge on any atom is -0.477 e. The van der Waals surface area contributed by atoms with Crippen LogP contribution < -0.4 is 0 Å². The summed E-state index contributed by atoms with van der Waals surface area (Å²) < 4.78 is 22.9. The molecule has 73 heavy (non-hydrogen) atoms. The van der Waals surface area contributed by atoms with Gasteiger partial charge in [-0.25, -0.2) is 4.79 Å². The van der Waals surface area contributed by atoms with Crippen molar-refractivity contribution in [3.8, 4) is 0 Å². The molecule has 0 spiro atoms. The van der Waals surface area contributed by atoms with Crippen molar-refractivity contribution in [3.63, 3.8) is 0 Å². The van der Waals surface area contributed by atoms with E-state index < -0.39 is 24.3 Å². The van der Waals surface area contributed by atoms with E-state index in [0.717, 1.165) is 89.9 Å². The molecule has 0 amide bonds. The number of hydrogen-bond donors (Lipinski definition) is 1. The van der Waals surface area contributed by atoms with Crippen LogP contribution in [-0.2, 0) is 33.3 Å². The first-order chi connectivity index (χ1) is 35.6. The van der Waals surface area contributed by atoms with E-state index in [4.69, 9.17) is 18.9 Å². The molecule has 0 saturated heterocycles. The maximum Gasteiger partial charge on any atom is 0.361 e. The number of likely N-dealkylation sites (N-methyl/N-ethyl adjacent to an activating group) is 1. The number of rotatable bonds is 54. The van der Waals surface area contributed by atoms with E-state index in [2.05, 4.69) is 98.9 Å². The molecule has 420 valence electrons. The molecular formula is C64H112NO8+. The maximum absolute atomic E-state index is 12.9. The molecule has 0 aliphatic heterocycles. The Labute approximate surface area is 449 Å². The Morgan fingerprint density at radius 2 is 0.781 bits per heavy atom. The van der Waals surface area contributed by atoms with E-state index in [1.54, 1.807) is 0 Å². The molecule has 2 unspecified atom stereocenters. The van der Waals surface area contributed by atoms with E-state index in [-0.39, 0.29) is 32.2 Å². The Bertz CT molecular complexity index is 1470. The van der Waals surface area contributed by atoms with Crippen LogP contribution in [0.15, 0.2) is 85.1 Å². The van der Waals surface area contributed by atoms with Crippen molar-refractivity contribution >= 4 is 17.9 Å². The third-order valence-corrected chi connectivity index (χ3v) is 12.7. The lowest BCUT2D eigenvalue weighted by Gasteiger charge is -2.25. The summed E-state index contributed by atoms with van der Waals surface area (Å²) in [5.41, 5.74) is 0. The Balaban J connectivity index is 4.27. The van der Waals surface area contributed by atoms with Crippen molar-refractivity contribution in [1.29, 1.82) is 0 Å². The van der Waals surface area contributed by atoms with Crippen molar-refractivity contribution in [2.45, 2.75) is 257 Å². The van der Waals surface area contributed by atoms with Gasteiger partial charge in [-0.3, -0.25) is 9.59 Å². The van der Waals surface area contributed by atoms with Crippen LogP contribution in [0.25, 0.3) is 0 Å². The van der Waals surface area contributed by atoms with Crippen molar-refractivity contribution in [2.24, 2.45) is 0 Å². The summed E-state index contributed by atoms with van der Waals surface area (Å²) >= 11 is 0. The predicted octanol–water partition coefficient (Wildman–Crippen LogP) is 17.6. The number of nitrogens with zero attached hydrogens (tertiary/aromatic N) is 1. The fourth-order valence-corrected chi connectivity index (χ4v) is 8.11. The van der Waals surface area contributed by atoms with Gasteiger partial charge in [0.25, 0.3) is 6.29 Å². The Morgan fingerprint density at radius 1 is 0.425 bits per heavy atom. The van der Waals surface area contributed by atoms with E-state index in [1.165, 1.54) is 122 Å². The van der Waals surface area contributed by atoms with E-state index in [0.29, 0.717) is 23.9 Å². The van der Waals surface area contributed by atoms with Crippen molar-refractivity contribution in [2.75, 3.05) is 47.5 Å². The van der Waals surface area contributed by atoms with E-state index in [9.17, 15) is 19.5 Å². The number of carbonyl (C=O) groups is 3. The number of unbranched alkanes of at least 4 members (excludes halogenated alkanes) is 25. The summed E-state index contributed by atoms with van der Waals surface area (Å²) in [5.74, 6) is -2.02. The number of carbonyl (C=O) groups excluding carboxylic acids is 2. The summed E-state index contributed by atoms with van der Waals surface area (Å²) in [6.45, 7) is 4.77. The zero-order chi connectivity index (χ0) is 53.4.